The van der Waals surface area contributed by atoms with Crippen LogP contribution in [0.5, 0.6) is 5.75 Å². The molecule has 1 saturated heterocycles. The number of pyridine rings is 2. The van der Waals surface area contributed by atoms with Crippen molar-refractivity contribution in [3.63, 3.8) is 0 Å². The lowest BCUT2D eigenvalue weighted by atomic mass is 10.2. The van der Waals surface area contributed by atoms with E-state index in [4.69, 9.17) is 4.74 Å². The molecule has 1 aliphatic heterocycles. The van der Waals surface area contributed by atoms with E-state index in [2.05, 4.69) is 30.2 Å². The molecule has 1 unspecified atom stereocenters. The number of hydrogen-bond acceptors (Lipinski definition) is 7. The van der Waals surface area contributed by atoms with E-state index in [0.717, 1.165) is 24.2 Å². The van der Waals surface area contributed by atoms with Crippen molar-refractivity contribution in [3.05, 3.63) is 60.8 Å². The summed E-state index contributed by atoms with van der Waals surface area (Å²) in [6.07, 6.45) is 7.64. The molecule has 3 aromatic heterocycles. The van der Waals surface area contributed by atoms with Gasteiger partial charge in [-0.05, 0) is 30.7 Å². The normalized spacial score (nSPS) is 16.0. The quantitative estimate of drug-likeness (QED) is 0.727. The molecule has 1 fully saturated rings. The zero-order chi connectivity index (χ0) is 19.3. The van der Waals surface area contributed by atoms with E-state index in [1.165, 1.54) is 0 Å². The van der Waals surface area contributed by atoms with E-state index in [0.29, 0.717) is 23.9 Å². The van der Waals surface area contributed by atoms with Gasteiger partial charge in [0.05, 0.1) is 12.8 Å². The topological polar surface area (TPSA) is 93.1 Å². The highest BCUT2D eigenvalue weighted by Gasteiger charge is 2.26. The molecule has 8 nitrogen and oxygen atoms in total. The first-order valence-electron chi connectivity index (χ1n) is 9.02. The lowest BCUT2D eigenvalue weighted by Crippen LogP contribution is -2.37. The van der Waals surface area contributed by atoms with Crippen LogP contribution in [-0.4, -0.2) is 52.1 Å². The molecule has 4 rings (SSSR count). The number of ether oxygens (including phenoxy) is 1. The third-order valence-corrected chi connectivity index (χ3v) is 4.61. The average molecular weight is 376 g/mol. The summed E-state index contributed by atoms with van der Waals surface area (Å²) in [5.74, 6) is 1.04. The Bertz CT molecular complexity index is 966. The molecule has 28 heavy (non-hydrogen) atoms. The molecule has 0 saturated carbocycles. The number of aromatic nitrogens is 4. The smallest absolute Gasteiger partial charge is 0.270 e. The number of rotatable bonds is 5. The Kier molecular flexibility index (Phi) is 5.09. The molecule has 1 amide bonds. The van der Waals surface area contributed by atoms with Gasteiger partial charge in [-0.25, -0.2) is 9.97 Å². The van der Waals surface area contributed by atoms with Crippen LogP contribution < -0.4 is 15.0 Å². The van der Waals surface area contributed by atoms with Crippen molar-refractivity contribution in [1.29, 1.82) is 0 Å². The largest absolute Gasteiger partial charge is 0.497 e. The van der Waals surface area contributed by atoms with Crippen molar-refractivity contribution >= 4 is 11.9 Å². The summed E-state index contributed by atoms with van der Waals surface area (Å²) in [6.45, 7) is 1.42. The van der Waals surface area contributed by atoms with Crippen LogP contribution in [0.25, 0.3) is 11.3 Å². The second-order valence-electron chi connectivity index (χ2n) is 6.47. The molecule has 4 heterocycles. The standard InChI is InChI=1S/C20H20N6O2/c1-28-16-4-8-22-18(11-16)19(27)24-15-6-10-26(13-15)20-23-9-5-17(25-20)14-3-2-7-21-12-14/h2-5,7-9,11-12,15H,6,10,13H2,1H3,(H,24,27). The van der Waals surface area contributed by atoms with Crippen LogP contribution in [0.15, 0.2) is 55.1 Å². The molecule has 8 heteroatoms. The second-order valence-corrected chi connectivity index (χ2v) is 6.47. The summed E-state index contributed by atoms with van der Waals surface area (Å²) >= 11 is 0. The monoisotopic (exact) mass is 376 g/mol. The van der Waals surface area contributed by atoms with Crippen molar-refractivity contribution in [2.75, 3.05) is 25.1 Å². The van der Waals surface area contributed by atoms with E-state index in [-0.39, 0.29) is 11.9 Å². The van der Waals surface area contributed by atoms with Crippen LogP contribution in [0.1, 0.15) is 16.9 Å². The van der Waals surface area contributed by atoms with Crippen molar-refractivity contribution in [2.24, 2.45) is 0 Å². The molecule has 0 aromatic carbocycles. The maximum atomic E-state index is 12.5. The lowest BCUT2D eigenvalue weighted by Gasteiger charge is -2.17. The second kappa shape index (κ2) is 7.99. The Morgan fingerprint density at radius 1 is 1.21 bits per heavy atom. The van der Waals surface area contributed by atoms with E-state index < -0.39 is 0 Å². The molecule has 0 bridgehead atoms. The molecule has 1 aliphatic rings. The summed E-state index contributed by atoms with van der Waals surface area (Å²) < 4.78 is 5.15. The Balaban J connectivity index is 1.42. The molecular formula is C20H20N6O2. The molecule has 142 valence electrons. The van der Waals surface area contributed by atoms with Crippen LogP contribution in [-0.2, 0) is 0 Å². The first-order chi connectivity index (χ1) is 13.7. The average Bonchev–Trinajstić information content (AvgIpc) is 3.23. The third kappa shape index (κ3) is 3.90. The van der Waals surface area contributed by atoms with Crippen LogP contribution in [0.3, 0.4) is 0 Å². The molecule has 1 atom stereocenters. The Labute approximate surface area is 162 Å². The van der Waals surface area contributed by atoms with Gasteiger partial charge < -0.3 is 15.0 Å². The summed E-state index contributed by atoms with van der Waals surface area (Å²) in [6, 6.07) is 9.05. The van der Waals surface area contributed by atoms with Crippen molar-refractivity contribution in [3.8, 4) is 17.0 Å². The predicted octanol–water partition coefficient (Wildman–Crippen LogP) is 1.95. The number of hydrogen-bond donors (Lipinski definition) is 1. The molecule has 3 aromatic rings. The minimum Gasteiger partial charge on any atom is -0.497 e. The van der Waals surface area contributed by atoms with Crippen LogP contribution in [0.4, 0.5) is 5.95 Å². The minimum atomic E-state index is -0.212. The maximum absolute atomic E-state index is 12.5. The highest BCUT2D eigenvalue weighted by atomic mass is 16.5. The summed E-state index contributed by atoms with van der Waals surface area (Å²) in [4.78, 5) is 31.8. The summed E-state index contributed by atoms with van der Waals surface area (Å²) in [5.41, 5.74) is 2.11. The van der Waals surface area contributed by atoms with Gasteiger partial charge in [-0.1, -0.05) is 0 Å². The van der Waals surface area contributed by atoms with E-state index >= 15 is 0 Å². The Hall–Kier alpha value is -3.55. The van der Waals surface area contributed by atoms with Crippen LogP contribution in [0, 0.1) is 0 Å². The van der Waals surface area contributed by atoms with Gasteiger partial charge in [0.2, 0.25) is 5.95 Å². The highest BCUT2D eigenvalue weighted by Crippen LogP contribution is 2.21. The third-order valence-electron chi connectivity index (χ3n) is 4.61. The van der Waals surface area contributed by atoms with Crippen molar-refractivity contribution < 1.29 is 9.53 Å². The predicted molar refractivity (Wildman–Crippen MR) is 104 cm³/mol. The van der Waals surface area contributed by atoms with Gasteiger partial charge >= 0.3 is 0 Å². The van der Waals surface area contributed by atoms with Crippen LogP contribution in [0.2, 0.25) is 0 Å². The fourth-order valence-corrected chi connectivity index (χ4v) is 3.16. The molecule has 0 aliphatic carbocycles. The highest BCUT2D eigenvalue weighted by molar-refractivity contribution is 5.92. The Morgan fingerprint density at radius 3 is 2.93 bits per heavy atom. The number of nitrogens with one attached hydrogen (secondary N) is 1. The van der Waals surface area contributed by atoms with Crippen molar-refractivity contribution in [2.45, 2.75) is 12.5 Å². The van der Waals surface area contributed by atoms with Gasteiger partial charge in [0.25, 0.3) is 5.91 Å². The van der Waals surface area contributed by atoms with Gasteiger partial charge in [-0.3, -0.25) is 14.8 Å². The summed E-state index contributed by atoms with van der Waals surface area (Å²) in [7, 11) is 1.56. The number of methoxy groups -OCH3 is 1. The van der Waals surface area contributed by atoms with Gasteiger partial charge in [0.15, 0.2) is 0 Å². The minimum absolute atomic E-state index is 0.00569. The van der Waals surface area contributed by atoms with Gasteiger partial charge in [-0.2, -0.15) is 0 Å². The fraction of sp³-hybridized carbons (Fsp3) is 0.250. The van der Waals surface area contributed by atoms with E-state index in [1.807, 2.05) is 18.2 Å². The van der Waals surface area contributed by atoms with Crippen molar-refractivity contribution in [1.82, 2.24) is 25.3 Å². The number of carbonyl (C=O) groups excluding carboxylic acids is 1. The van der Waals surface area contributed by atoms with Gasteiger partial charge in [0, 0.05) is 55.5 Å². The zero-order valence-corrected chi connectivity index (χ0v) is 15.4. The van der Waals surface area contributed by atoms with Crippen LogP contribution >= 0.6 is 0 Å². The first-order valence-corrected chi connectivity index (χ1v) is 9.02. The number of carbonyl (C=O) groups is 1. The number of amides is 1. The zero-order valence-electron chi connectivity index (χ0n) is 15.4. The molecule has 0 radical (unpaired) electrons. The SMILES string of the molecule is COc1ccnc(C(=O)NC2CCN(c3nccc(-c4cccnc4)n3)C2)c1. The number of anilines is 1. The Morgan fingerprint density at radius 2 is 2.11 bits per heavy atom. The van der Waals surface area contributed by atoms with E-state index in [1.54, 1.807) is 44.0 Å². The lowest BCUT2D eigenvalue weighted by molar-refractivity contribution is 0.0935. The van der Waals surface area contributed by atoms with E-state index in [9.17, 15) is 4.79 Å². The fourth-order valence-electron chi connectivity index (χ4n) is 3.16. The van der Waals surface area contributed by atoms with Gasteiger partial charge in [0.1, 0.15) is 11.4 Å². The molecule has 0 spiro atoms. The first kappa shape index (κ1) is 17.8. The summed E-state index contributed by atoms with van der Waals surface area (Å²) in [5, 5.41) is 3.03. The molecule has 1 N–H and O–H groups in total. The molecular weight excluding hydrogens is 356 g/mol. The maximum Gasteiger partial charge on any atom is 0.270 e. The van der Waals surface area contributed by atoms with Gasteiger partial charge in [-0.15, -0.1) is 0 Å². The number of nitrogens with zero attached hydrogens (tertiary/aromatic N) is 5.